The van der Waals surface area contributed by atoms with Crippen molar-refractivity contribution in [3.05, 3.63) is 24.3 Å². The largest absolute Gasteiger partial charge is 1.00 e. The first-order valence-electron chi connectivity index (χ1n) is 1.99. The summed E-state index contributed by atoms with van der Waals surface area (Å²) in [5.74, 6) is 0. The topological polar surface area (TPSA) is 0 Å². The minimum atomic E-state index is 0. The molecule has 0 saturated heterocycles. The fraction of sp³-hybridized carbons (Fsp3) is 0.333. The van der Waals surface area contributed by atoms with Crippen molar-refractivity contribution in [3.8, 4) is 0 Å². The van der Waals surface area contributed by atoms with Crippen molar-refractivity contribution >= 4 is 0 Å². The molecule has 34 valence electrons. The fourth-order valence-electron chi connectivity index (χ4n) is 0.0962. The van der Waals surface area contributed by atoms with Gasteiger partial charge in [-0.25, -0.2) is 11.6 Å². The Morgan fingerprint density at radius 3 is 2.00 bits per heavy atom. The van der Waals surface area contributed by atoms with E-state index in [0.29, 0.717) is 0 Å². The van der Waals surface area contributed by atoms with Gasteiger partial charge < -0.3 is 0 Å². The van der Waals surface area contributed by atoms with Crippen LogP contribution in [0.4, 0.5) is 0 Å². The second-order valence-electron chi connectivity index (χ2n) is 1.20. The maximum Gasteiger partial charge on any atom is 1.00 e. The van der Waals surface area contributed by atoms with Gasteiger partial charge in [-0.2, -0.15) is 6.08 Å². The van der Waals surface area contributed by atoms with Crippen molar-refractivity contribution in [1.82, 2.24) is 0 Å². The maximum absolute atomic E-state index is 5.09. The Labute approximate surface area is 57.5 Å². The molecule has 0 aliphatic rings. The van der Waals surface area contributed by atoms with Crippen LogP contribution in [0.5, 0.6) is 0 Å². The van der Waals surface area contributed by atoms with Gasteiger partial charge in [-0.1, -0.05) is 6.92 Å². The van der Waals surface area contributed by atoms with Crippen LogP contribution in [0.1, 0.15) is 13.8 Å². The van der Waals surface area contributed by atoms with Crippen LogP contribution in [0.25, 0.3) is 0 Å². The maximum atomic E-state index is 5.09. The van der Waals surface area contributed by atoms with E-state index in [0.717, 1.165) is 5.57 Å². The number of rotatable bonds is 1. The average Bonchev–Trinajstić information content (AvgIpc) is 1.65. The van der Waals surface area contributed by atoms with Crippen molar-refractivity contribution in [1.29, 1.82) is 0 Å². The van der Waals surface area contributed by atoms with E-state index < -0.39 is 0 Å². The molecule has 0 aromatic carbocycles. The zero-order chi connectivity index (χ0) is 4.99. The van der Waals surface area contributed by atoms with E-state index in [2.05, 4.69) is 0 Å². The molecular weight excluding hydrogens is 79.0 g/mol. The molecule has 0 heterocycles. The van der Waals surface area contributed by atoms with Crippen LogP contribution in [0.15, 0.2) is 17.7 Å². The number of hydrogen-bond acceptors (Lipinski definition) is 0. The van der Waals surface area contributed by atoms with Crippen LogP contribution in [0, 0.1) is 6.58 Å². The van der Waals surface area contributed by atoms with Crippen LogP contribution >= 0.6 is 0 Å². The Kier molecular flexibility index (Phi) is 8.80. The van der Waals surface area contributed by atoms with E-state index in [1.54, 1.807) is 6.08 Å². The standard InChI is InChI=1S/C6H9.Li/c1-4-6(3)5-2;/h1,4-5H,2-3H3;/q-1;+1. The van der Waals surface area contributed by atoms with Gasteiger partial charge in [-0.05, 0) is 0 Å². The van der Waals surface area contributed by atoms with E-state index in [1.165, 1.54) is 0 Å². The number of allylic oxidation sites excluding steroid dienone is 3. The normalized spacial score (nSPS) is 9.71. The summed E-state index contributed by atoms with van der Waals surface area (Å²) in [7, 11) is 0. The Morgan fingerprint density at radius 2 is 2.00 bits per heavy atom. The smallest absolute Gasteiger partial charge is 0.293 e. The van der Waals surface area contributed by atoms with E-state index in [-0.39, 0.29) is 18.9 Å². The van der Waals surface area contributed by atoms with E-state index in [1.807, 2.05) is 19.9 Å². The first kappa shape index (κ1) is 10.1. The van der Waals surface area contributed by atoms with Crippen LogP contribution < -0.4 is 18.9 Å². The van der Waals surface area contributed by atoms with Gasteiger partial charge in [-0.3, -0.25) is 6.58 Å². The Balaban J connectivity index is 0. The summed E-state index contributed by atoms with van der Waals surface area (Å²) >= 11 is 0. The van der Waals surface area contributed by atoms with Gasteiger partial charge in [0.15, 0.2) is 0 Å². The third-order valence-corrected chi connectivity index (χ3v) is 0.718. The molecule has 0 atom stereocenters. The summed E-state index contributed by atoms with van der Waals surface area (Å²) < 4.78 is 0. The van der Waals surface area contributed by atoms with Crippen molar-refractivity contribution in [2.24, 2.45) is 0 Å². The Hall–Kier alpha value is 0.0774. The summed E-state index contributed by atoms with van der Waals surface area (Å²) in [4.78, 5) is 0. The Morgan fingerprint density at radius 1 is 1.57 bits per heavy atom. The molecule has 0 radical (unpaired) electrons. The van der Waals surface area contributed by atoms with Crippen LogP contribution in [0.3, 0.4) is 0 Å². The van der Waals surface area contributed by atoms with E-state index >= 15 is 0 Å². The van der Waals surface area contributed by atoms with Crippen molar-refractivity contribution in [3.63, 3.8) is 0 Å². The molecule has 7 heavy (non-hydrogen) atoms. The molecule has 0 N–H and O–H groups in total. The molecule has 0 spiro atoms. The molecule has 0 fully saturated rings. The van der Waals surface area contributed by atoms with Gasteiger partial charge in [-0.15, -0.1) is 6.92 Å². The summed E-state index contributed by atoms with van der Waals surface area (Å²) in [5.41, 5.74) is 1.12. The average molecular weight is 88.1 g/mol. The number of hydrogen-bond donors (Lipinski definition) is 0. The molecule has 1 heteroatoms. The molecule has 0 amide bonds. The molecular formula is C6H9Li. The molecule has 0 aliphatic heterocycles. The molecule has 0 saturated carbocycles. The van der Waals surface area contributed by atoms with Crippen molar-refractivity contribution < 1.29 is 18.9 Å². The fourth-order valence-corrected chi connectivity index (χ4v) is 0.0962. The van der Waals surface area contributed by atoms with Gasteiger partial charge in [0, 0.05) is 0 Å². The van der Waals surface area contributed by atoms with Gasteiger partial charge >= 0.3 is 18.9 Å². The van der Waals surface area contributed by atoms with Crippen LogP contribution in [0.2, 0.25) is 0 Å². The zero-order valence-electron chi connectivity index (χ0n) is 5.23. The van der Waals surface area contributed by atoms with Gasteiger partial charge in [0.1, 0.15) is 0 Å². The Bertz CT molecular complexity index is 72.2. The molecule has 0 nitrogen and oxygen atoms in total. The summed E-state index contributed by atoms with van der Waals surface area (Å²) in [6, 6.07) is 0. The first-order valence-corrected chi connectivity index (χ1v) is 1.99. The third kappa shape index (κ3) is 6.08. The predicted octanol–water partition coefficient (Wildman–Crippen LogP) is -1.05. The van der Waals surface area contributed by atoms with Crippen molar-refractivity contribution in [2.75, 3.05) is 0 Å². The second kappa shape index (κ2) is 6.08. The van der Waals surface area contributed by atoms with Gasteiger partial charge in [0.05, 0.1) is 0 Å². The second-order valence-corrected chi connectivity index (χ2v) is 1.20. The van der Waals surface area contributed by atoms with E-state index in [4.69, 9.17) is 6.58 Å². The minimum absolute atomic E-state index is 0. The molecule has 0 aromatic heterocycles. The molecule has 0 aliphatic carbocycles. The quantitative estimate of drug-likeness (QED) is 0.218. The van der Waals surface area contributed by atoms with Gasteiger partial charge in [0.2, 0.25) is 0 Å². The van der Waals surface area contributed by atoms with Gasteiger partial charge in [0.25, 0.3) is 0 Å². The van der Waals surface area contributed by atoms with E-state index in [9.17, 15) is 0 Å². The first-order chi connectivity index (χ1) is 2.81. The minimum Gasteiger partial charge on any atom is -0.293 e. The monoisotopic (exact) mass is 88.1 g/mol. The molecule has 0 unspecified atom stereocenters. The van der Waals surface area contributed by atoms with Crippen molar-refractivity contribution in [2.45, 2.75) is 13.8 Å². The van der Waals surface area contributed by atoms with Crippen LogP contribution in [-0.2, 0) is 0 Å². The SMILES string of the molecule is [CH-]=CC(C)=CC.[Li+]. The van der Waals surface area contributed by atoms with Crippen LogP contribution in [-0.4, -0.2) is 0 Å². The third-order valence-electron chi connectivity index (χ3n) is 0.718. The molecule has 0 rings (SSSR count). The molecule has 0 bridgehead atoms. The summed E-state index contributed by atoms with van der Waals surface area (Å²) in [5, 5.41) is 0. The molecule has 0 aromatic rings. The summed E-state index contributed by atoms with van der Waals surface area (Å²) in [6.45, 7) is 9.00. The predicted molar refractivity (Wildman–Crippen MR) is 28.3 cm³/mol. The zero-order valence-corrected chi connectivity index (χ0v) is 5.23. The summed E-state index contributed by atoms with van der Waals surface area (Å²) in [6.07, 6.45) is 3.54.